The summed E-state index contributed by atoms with van der Waals surface area (Å²) in [5.74, 6) is 2.90. The molecular formula is C29H46O5. The fourth-order valence-electron chi connectivity index (χ4n) is 9.40. The van der Waals surface area contributed by atoms with E-state index in [4.69, 9.17) is 18.9 Å². The summed E-state index contributed by atoms with van der Waals surface area (Å²) >= 11 is 0. The summed E-state index contributed by atoms with van der Waals surface area (Å²) in [6.45, 7) is 12.1. The Labute approximate surface area is 206 Å². The summed E-state index contributed by atoms with van der Waals surface area (Å²) in [6.07, 6.45) is 13.4. The molecule has 5 heteroatoms. The zero-order valence-electron chi connectivity index (χ0n) is 22.1. The quantitative estimate of drug-likeness (QED) is 0.343. The molecule has 0 bridgehead atoms. The average Bonchev–Trinajstić information content (AvgIpc) is 3.68. The van der Waals surface area contributed by atoms with Crippen LogP contribution in [0.25, 0.3) is 0 Å². The van der Waals surface area contributed by atoms with Gasteiger partial charge in [0.1, 0.15) is 35.1 Å². The van der Waals surface area contributed by atoms with Crippen LogP contribution in [0.5, 0.6) is 0 Å². The zero-order chi connectivity index (χ0) is 23.9. The number of fused-ring (bicyclic) bond motifs is 3. The topological polar surface area (TPSA) is 63.9 Å². The van der Waals surface area contributed by atoms with E-state index in [1.807, 2.05) is 0 Å². The van der Waals surface area contributed by atoms with Crippen molar-refractivity contribution in [2.45, 2.75) is 140 Å². The Bertz CT molecular complexity index is 821. The third kappa shape index (κ3) is 3.46. The maximum atomic E-state index is 11.6. The Morgan fingerprint density at radius 2 is 1.82 bits per heavy atom. The highest BCUT2D eigenvalue weighted by molar-refractivity contribution is 5.66. The van der Waals surface area contributed by atoms with E-state index in [1.54, 1.807) is 0 Å². The number of hydrogen-bond donors (Lipinski definition) is 0. The zero-order valence-corrected chi connectivity index (χ0v) is 22.1. The molecule has 3 aliphatic heterocycles. The Morgan fingerprint density at radius 1 is 1.03 bits per heavy atom. The van der Waals surface area contributed by atoms with E-state index in [-0.39, 0.29) is 41.1 Å². The number of carbonyl (C=O) groups excluding carboxylic acids is 1. The summed E-state index contributed by atoms with van der Waals surface area (Å²) in [5.41, 5.74) is -0.0387. The highest BCUT2D eigenvalue weighted by Crippen LogP contribution is 2.72. The molecule has 6 rings (SSSR count). The summed E-state index contributed by atoms with van der Waals surface area (Å²) < 4.78 is 25.0. The van der Waals surface area contributed by atoms with Crippen molar-refractivity contribution in [2.24, 2.45) is 29.1 Å². The average molecular weight is 475 g/mol. The molecule has 0 aromatic rings. The smallest absolute Gasteiger partial charge is 0.302 e. The lowest BCUT2D eigenvalue weighted by atomic mass is 9.57. The number of ether oxygens (including phenoxy) is 4. The van der Waals surface area contributed by atoms with Crippen molar-refractivity contribution in [3.8, 4) is 0 Å². The second kappa shape index (κ2) is 7.92. The third-order valence-corrected chi connectivity index (χ3v) is 11.2. The molecular weight excluding hydrogens is 428 g/mol. The van der Waals surface area contributed by atoms with Crippen molar-refractivity contribution in [1.82, 2.24) is 0 Å². The number of carbonyl (C=O) groups is 1. The van der Waals surface area contributed by atoms with Gasteiger partial charge in [-0.25, -0.2) is 0 Å². The molecule has 0 unspecified atom stereocenters. The first-order chi connectivity index (χ1) is 16.2. The maximum absolute atomic E-state index is 11.6. The van der Waals surface area contributed by atoms with Crippen LogP contribution < -0.4 is 0 Å². The molecule has 0 amide bonds. The van der Waals surface area contributed by atoms with Crippen molar-refractivity contribution in [2.75, 3.05) is 6.61 Å². The van der Waals surface area contributed by atoms with Gasteiger partial charge in [-0.1, -0.05) is 47.0 Å². The number of esters is 1. The molecule has 3 saturated heterocycles. The Hall–Kier alpha value is -0.650. The molecule has 34 heavy (non-hydrogen) atoms. The highest BCUT2D eigenvalue weighted by atomic mass is 16.7. The molecule has 192 valence electrons. The number of epoxide rings is 3. The monoisotopic (exact) mass is 474 g/mol. The minimum atomic E-state index is -0.296. The predicted molar refractivity (Wildman–Crippen MR) is 129 cm³/mol. The van der Waals surface area contributed by atoms with Gasteiger partial charge in [0.05, 0.1) is 6.61 Å². The normalized spacial score (nSPS) is 51.6. The minimum Gasteiger partial charge on any atom is -0.462 e. The molecule has 3 heterocycles. The highest BCUT2D eigenvalue weighted by Gasteiger charge is 2.85. The number of rotatable bonds is 7. The van der Waals surface area contributed by atoms with Gasteiger partial charge >= 0.3 is 5.97 Å². The first-order valence-electron chi connectivity index (χ1n) is 14.3. The summed E-state index contributed by atoms with van der Waals surface area (Å²) in [6, 6.07) is 0. The minimum absolute atomic E-state index is 0.0119. The van der Waals surface area contributed by atoms with E-state index in [0.29, 0.717) is 11.3 Å². The van der Waals surface area contributed by atoms with Gasteiger partial charge in [-0.15, -0.1) is 0 Å². The van der Waals surface area contributed by atoms with Crippen LogP contribution in [0.15, 0.2) is 0 Å². The predicted octanol–water partition coefficient (Wildman–Crippen LogP) is 5.83. The standard InChI is InChI=1S/C29H46O5/c1-18(2)8-6-9-19(3)22-10-11-23-26(22,5)13-7-14-28(23)24(33-28)25-29(34-25)16-21(32-20(4)30)12-15-27(29)17-31-27/h18-19,21-25H,6-17H2,1-5H3/t19-,21+,22-,23-,24-,25-,26-,27-,28-,29-/m1/s1. The van der Waals surface area contributed by atoms with Gasteiger partial charge in [-0.05, 0) is 74.0 Å². The second-order valence-corrected chi connectivity index (χ2v) is 13.6. The van der Waals surface area contributed by atoms with E-state index >= 15 is 0 Å². The lowest BCUT2D eigenvalue weighted by Gasteiger charge is -2.46. The van der Waals surface area contributed by atoms with E-state index in [1.165, 1.54) is 58.3 Å². The van der Waals surface area contributed by atoms with Gasteiger partial charge in [-0.2, -0.15) is 0 Å². The Kier molecular flexibility index (Phi) is 5.53. The van der Waals surface area contributed by atoms with Crippen LogP contribution in [0.4, 0.5) is 0 Å². The van der Waals surface area contributed by atoms with Crippen molar-refractivity contribution in [3.05, 3.63) is 0 Å². The van der Waals surface area contributed by atoms with E-state index in [9.17, 15) is 4.79 Å². The molecule has 0 N–H and O–H groups in total. The van der Waals surface area contributed by atoms with Crippen LogP contribution in [0.1, 0.15) is 105 Å². The molecule has 6 fully saturated rings. The van der Waals surface area contributed by atoms with Crippen LogP contribution >= 0.6 is 0 Å². The molecule has 3 aliphatic carbocycles. The van der Waals surface area contributed by atoms with Gasteiger partial charge in [0.25, 0.3) is 0 Å². The van der Waals surface area contributed by atoms with Crippen molar-refractivity contribution in [3.63, 3.8) is 0 Å². The lowest BCUT2D eigenvalue weighted by Crippen LogP contribution is -2.48. The van der Waals surface area contributed by atoms with Crippen LogP contribution in [-0.2, 0) is 23.7 Å². The Balaban J connectivity index is 1.15. The molecule has 10 atom stereocenters. The molecule has 3 spiro atoms. The first-order valence-corrected chi connectivity index (χ1v) is 14.3. The van der Waals surface area contributed by atoms with Gasteiger partial charge in [-0.3, -0.25) is 4.79 Å². The van der Waals surface area contributed by atoms with Gasteiger partial charge in [0, 0.05) is 13.3 Å². The summed E-state index contributed by atoms with van der Waals surface area (Å²) in [5, 5.41) is 0. The second-order valence-electron chi connectivity index (χ2n) is 13.6. The van der Waals surface area contributed by atoms with Crippen molar-refractivity contribution >= 4 is 5.97 Å². The van der Waals surface area contributed by atoms with E-state index in [2.05, 4.69) is 27.7 Å². The van der Waals surface area contributed by atoms with Gasteiger partial charge < -0.3 is 18.9 Å². The first kappa shape index (κ1) is 23.7. The molecule has 0 radical (unpaired) electrons. The molecule has 3 saturated carbocycles. The summed E-state index contributed by atoms with van der Waals surface area (Å²) in [4.78, 5) is 11.6. The maximum Gasteiger partial charge on any atom is 0.302 e. The molecule has 0 aromatic heterocycles. The SMILES string of the molecule is CC(=O)O[C@H]1CC[C@@]2(CO2)[C@]2(C1)O[C@@H]2[C@H]1O[C@@]12CCC[C@]1(C)[C@@H]([C@H](C)CCCC(C)C)CC[C@H]12. The third-order valence-electron chi connectivity index (χ3n) is 11.2. The number of hydrogen-bond acceptors (Lipinski definition) is 5. The van der Waals surface area contributed by atoms with Crippen LogP contribution in [0.3, 0.4) is 0 Å². The van der Waals surface area contributed by atoms with E-state index in [0.717, 1.165) is 43.6 Å². The van der Waals surface area contributed by atoms with Crippen LogP contribution in [0.2, 0.25) is 0 Å². The van der Waals surface area contributed by atoms with E-state index < -0.39 is 0 Å². The van der Waals surface area contributed by atoms with Crippen molar-refractivity contribution in [1.29, 1.82) is 0 Å². The summed E-state index contributed by atoms with van der Waals surface area (Å²) in [7, 11) is 0. The largest absolute Gasteiger partial charge is 0.462 e. The lowest BCUT2D eigenvalue weighted by molar-refractivity contribution is -0.150. The van der Waals surface area contributed by atoms with Gasteiger partial charge in [0.15, 0.2) is 0 Å². The van der Waals surface area contributed by atoms with Crippen LogP contribution in [-0.4, -0.2) is 47.7 Å². The fourth-order valence-corrected chi connectivity index (χ4v) is 9.40. The molecule has 6 aliphatic rings. The van der Waals surface area contributed by atoms with Crippen molar-refractivity contribution < 1.29 is 23.7 Å². The fraction of sp³-hybridized carbons (Fsp3) is 0.966. The Morgan fingerprint density at radius 3 is 2.53 bits per heavy atom. The molecule has 0 aromatic carbocycles. The van der Waals surface area contributed by atoms with Gasteiger partial charge in [0.2, 0.25) is 0 Å². The van der Waals surface area contributed by atoms with Crippen LogP contribution in [0, 0.1) is 29.1 Å². The molecule has 5 nitrogen and oxygen atoms in total.